The van der Waals surface area contributed by atoms with Gasteiger partial charge in [-0.3, -0.25) is 0 Å². The number of rotatable bonds is 4. The average molecular weight is 277 g/mol. The van der Waals surface area contributed by atoms with Crippen molar-refractivity contribution in [1.82, 2.24) is 0 Å². The molecule has 1 aliphatic carbocycles. The monoisotopic (exact) mass is 277 g/mol. The summed E-state index contributed by atoms with van der Waals surface area (Å²) in [4.78, 5) is 1.26. The summed E-state index contributed by atoms with van der Waals surface area (Å²) >= 11 is 1.73. The summed E-state index contributed by atoms with van der Waals surface area (Å²) in [5, 5.41) is 2.08. The first kappa shape index (κ1) is 14.6. The fraction of sp³-hybridized carbons (Fsp3) is 0.625. The minimum atomic E-state index is 0.419. The van der Waals surface area contributed by atoms with Crippen LogP contribution in [0.2, 0.25) is 0 Å². The van der Waals surface area contributed by atoms with Gasteiger partial charge in [-0.15, -0.1) is 11.3 Å². The van der Waals surface area contributed by atoms with Crippen molar-refractivity contribution in [3.8, 4) is 11.8 Å². The molecule has 2 N–H and O–H groups in total. The van der Waals surface area contributed by atoms with Crippen LogP contribution < -0.4 is 5.73 Å². The normalized spacial score (nSPS) is 22.8. The van der Waals surface area contributed by atoms with Gasteiger partial charge >= 0.3 is 0 Å². The van der Waals surface area contributed by atoms with Crippen LogP contribution in [-0.2, 0) is 11.3 Å². The van der Waals surface area contributed by atoms with Crippen LogP contribution in [0, 0.1) is 17.8 Å². The Morgan fingerprint density at radius 1 is 1.47 bits per heavy atom. The number of thiophene rings is 1. The minimum absolute atomic E-state index is 0.419. The van der Waals surface area contributed by atoms with Crippen LogP contribution in [0.15, 0.2) is 11.4 Å². The zero-order chi connectivity index (χ0) is 13.5. The fourth-order valence-corrected chi connectivity index (χ4v) is 3.38. The van der Waals surface area contributed by atoms with E-state index in [-0.39, 0.29) is 0 Å². The van der Waals surface area contributed by atoms with Gasteiger partial charge in [-0.2, -0.15) is 0 Å². The van der Waals surface area contributed by atoms with Crippen LogP contribution in [0.1, 0.15) is 49.5 Å². The summed E-state index contributed by atoms with van der Waals surface area (Å²) in [5.74, 6) is 6.81. The number of ether oxygens (including phenoxy) is 1. The Morgan fingerprint density at radius 3 is 3.16 bits per heavy atom. The van der Waals surface area contributed by atoms with Crippen LogP contribution in [-0.4, -0.2) is 12.6 Å². The molecule has 0 bridgehead atoms. The Kier molecular flexibility index (Phi) is 5.91. The Balaban J connectivity index is 1.80. The molecule has 0 amide bonds. The lowest BCUT2D eigenvalue weighted by atomic mass is 9.85. The Morgan fingerprint density at radius 2 is 2.37 bits per heavy atom. The predicted octanol–water partition coefficient (Wildman–Crippen LogP) is 3.54. The molecular formula is C16H23NOS. The SMILES string of the molecule is CCC1CCCC(OCc2cc(C#CCN)cs2)C1. The van der Waals surface area contributed by atoms with Crippen LogP contribution in [0.3, 0.4) is 0 Å². The number of hydrogen-bond donors (Lipinski definition) is 1. The summed E-state index contributed by atoms with van der Waals surface area (Å²) in [7, 11) is 0. The molecule has 3 heteroatoms. The van der Waals surface area contributed by atoms with Crippen molar-refractivity contribution in [2.45, 2.75) is 51.7 Å². The Hall–Kier alpha value is -0.820. The molecule has 2 rings (SSSR count). The third-order valence-electron chi connectivity index (χ3n) is 3.76. The highest BCUT2D eigenvalue weighted by atomic mass is 32.1. The predicted molar refractivity (Wildman–Crippen MR) is 81.1 cm³/mol. The molecular weight excluding hydrogens is 254 g/mol. The second-order valence-corrected chi connectivity index (χ2v) is 6.18. The zero-order valence-corrected chi connectivity index (χ0v) is 12.5. The highest BCUT2D eigenvalue weighted by molar-refractivity contribution is 7.10. The van der Waals surface area contributed by atoms with Gasteiger partial charge in [0.15, 0.2) is 0 Å². The molecule has 1 saturated carbocycles. The molecule has 104 valence electrons. The van der Waals surface area contributed by atoms with E-state index in [1.54, 1.807) is 11.3 Å². The highest BCUT2D eigenvalue weighted by Gasteiger charge is 2.21. The Bertz CT molecular complexity index is 443. The van der Waals surface area contributed by atoms with E-state index in [4.69, 9.17) is 10.5 Å². The maximum atomic E-state index is 6.06. The average Bonchev–Trinajstić information content (AvgIpc) is 2.91. The van der Waals surface area contributed by atoms with E-state index in [1.807, 2.05) is 0 Å². The molecule has 0 aromatic carbocycles. The molecule has 0 spiro atoms. The minimum Gasteiger partial charge on any atom is -0.373 e. The maximum absolute atomic E-state index is 6.06. The van der Waals surface area contributed by atoms with Gasteiger partial charge in [0.25, 0.3) is 0 Å². The van der Waals surface area contributed by atoms with Crippen molar-refractivity contribution in [3.63, 3.8) is 0 Å². The first-order valence-electron chi connectivity index (χ1n) is 7.19. The van der Waals surface area contributed by atoms with E-state index in [0.29, 0.717) is 12.6 Å². The van der Waals surface area contributed by atoms with E-state index in [0.717, 1.165) is 18.1 Å². The molecule has 0 saturated heterocycles. The first-order valence-corrected chi connectivity index (χ1v) is 8.07. The van der Waals surface area contributed by atoms with Crippen LogP contribution in [0.4, 0.5) is 0 Å². The van der Waals surface area contributed by atoms with Gasteiger partial charge in [0, 0.05) is 15.8 Å². The van der Waals surface area contributed by atoms with E-state index in [9.17, 15) is 0 Å². The molecule has 2 atom stereocenters. The lowest BCUT2D eigenvalue weighted by molar-refractivity contribution is 0.00297. The summed E-state index contributed by atoms with van der Waals surface area (Å²) in [6.45, 7) is 3.44. The fourth-order valence-electron chi connectivity index (χ4n) is 2.64. The van der Waals surface area contributed by atoms with Crippen molar-refractivity contribution in [2.75, 3.05) is 6.54 Å². The van der Waals surface area contributed by atoms with Crippen molar-refractivity contribution in [2.24, 2.45) is 11.7 Å². The van der Waals surface area contributed by atoms with Crippen LogP contribution in [0.5, 0.6) is 0 Å². The van der Waals surface area contributed by atoms with Crippen molar-refractivity contribution in [1.29, 1.82) is 0 Å². The van der Waals surface area contributed by atoms with Gasteiger partial charge < -0.3 is 10.5 Å². The van der Waals surface area contributed by atoms with E-state index < -0.39 is 0 Å². The second kappa shape index (κ2) is 7.69. The van der Waals surface area contributed by atoms with Gasteiger partial charge in [0.05, 0.1) is 19.3 Å². The molecule has 1 aromatic heterocycles. The summed E-state index contributed by atoms with van der Waals surface area (Å²) in [6.07, 6.45) is 6.91. The van der Waals surface area contributed by atoms with Gasteiger partial charge in [0.2, 0.25) is 0 Å². The summed E-state index contributed by atoms with van der Waals surface area (Å²) in [6, 6.07) is 2.12. The maximum Gasteiger partial charge on any atom is 0.0813 e. The van der Waals surface area contributed by atoms with E-state index in [2.05, 4.69) is 30.2 Å². The van der Waals surface area contributed by atoms with Gasteiger partial charge in [-0.25, -0.2) is 0 Å². The molecule has 0 aliphatic heterocycles. The molecule has 2 nitrogen and oxygen atoms in total. The smallest absolute Gasteiger partial charge is 0.0813 e. The molecule has 19 heavy (non-hydrogen) atoms. The first-order chi connectivity index (χ1) is 9.31. The zero-order valence-electron chi connectivity index (χ0n) is 11.7. The molecule has 1 fully saturated rings. The largest absolute Gasteiger partial charge is 0.373 e. The van der Waals surface area contributed by atoms with Crippen molar-refractivity contribution in [3.05, 3.63) is 21.9 Å². The van der Waals surface area contributed by atoms with E-state index in [1.165, 1.54) is 37.0 Å². The van der Waals surface area contributed by atoms with Crippen LogP contribution >= 0.6 is 11.3 Å². The summed E-state index contributed by atoms with van der Waals surface area (Å²) < 4.78 is 6.06. The third kappa shape index (κ3) is 4.65. The number of hydrogen-bond acceptors (Lipinski definition) is 3. The second-order valence-electron chi connectivity index (χ2n) is 5.18. The topological polar surface area (TPSA) is 35.2 Å². The van der Waals surface area contributed by atoms with Crippen LogP contribution in [0.25, 0.3) is 0 Å². The molecule has 2 unspecified atom stereocenters. The number of nitrogens with two attached hydrogens (primary N) is 1. The Labute approximate surface area is 120 Å². The molecule has 1 aromatic rings. The lowest BCUT2D eigenvalue weighted by Crippen LogP contribution is -2.22. The van der Waals surface area contributed by atoms with Gasteiger partial charge in [-0.1, -0.05) is 38.0 Å². The van der Waals surface area contributed by atoms with Crippen molar-refractivity contribution >= 4 is 11.3 Å². The molecule has 1 aliphatic rings. The molecule has 0 radical (unpaired) electrons. The van der Waals surface area contributed by atoms with Gasteiger partial charge in [0.1, 0.15) is 0 Å². The lowest BCUT2D eigenvalue weighted by Gasteiger charge is -2.28. The van der Waals surface area contributed by atoms with Gasteiger partial charge in [-0.05, 0) is 24.8 Å². The highest BCUT2D eigenvalue weighted by Crippen LogP contribution is 2.29. The summed E-state index contributed by atoms with van der Waals surface area (Å²) in [5.41, 5.74) is 6.43. The molecule has 1 heterocycles. The standard InChI is InChI=1S/C16H23NOS/c1-2-13-5-3-7-15(9-13)18-11-16-10-14(12-19-16)6-4-8-17/h10,12-13,15H,2-3,5,7-9,11,17H2,1H3. The quantitative estimate of drug-likeness (QED) is 0.854. The van der Waals surface area contributed by atoms with Crippen molar-refractivity contribution < 1.29 is 4.74 Å². The third-order valence-corrected chi connectivity index (χ3v) is 4.67. The van der Waals surface area contributed by atoms with E-state index >= 15 is 0 Å².